The smallest absolute Gasteiger partial charge is 0.352 e. The Morgan fingerprint density at radius 2 is 2.04 bits per heavy atom. The predicted molar refractivity (Wildman–Crippen MR) is 85.9 cm³/mol. The molecule has 8 heteroatoms. The van der Waals surface area contributed by atoms with Crippen molar-refractivity contribution in [1.82, 2.24) is 15.1 Å². The molecule has 0 saturated heterocycles. The average Bonchev–Trinajstić information content (AvgIpc) is 2.57. The van der Waals surface area contributed by atoms with Crippen molar-refractivity contribution in [2.24, 2.45) is 5.92 Å². The Labute approximate surface area is 141 Å². The van der Waals surface area contributed by atoms with Gasteiger partial charge in [0.25, 0.3) is 0 Å². The van der Waals surface area contributed by atoms with Crippen molar-refractivity contribution < 1.29 is 18.0 Å². The molecule has 1 aliphatic carbocycles. The Hall–Kier alpha value is -2.38. The Balaban J connectivity index is 1.69. The summed E-state index contributed by atoms with van der Waals surface area (Å²) in [6, 6.07) is 6.28. The minimum atomic E-state index is -4.22. The van der Waals surface area contributed by atoms with Gasteiger partial charge in [-0.3, -0.25) is 14.3 Å². The van der Waals surface area contributed by atoms with Crippen LogP contribution in [-0.2, 0) is 11.3 Å². The molecule has 0 bridgehead atoms. The zero-order chi connectivity index (χ0) is 18.0. The first-order valence-corrected chi connectivity index (χ1v) is 8.15. The summed E-state index contributed by atoms with van der Waals surface area (Å²) >= 11 is 0. The number of aromatic nitrogens is 2. The molecule has 1 aliphatic rings. The molecule has 1 aromatic carbocycles. The number of rotatable bonds is 3. The summed E-state index contributed by atoms with van der Waals surface area (Å²) in [6.07, 6.45) is -2.09. The van der Waals surface area contributed by atoms with Crippen molar-refractivity contribution in [2.45, 2.75) is 44.4 Å². The van der Waals surface area contributed by atoms with Crippen LogP contribution >= 0.6 is 0 Å². The van der Waals surface area contributed by atoms with Crippen LogP contribution < -0.4 is 10.7 Å². The lowest BCUT2D eigenvalue weighted by atomic mass is 9.85. The van der Waals surface area contributed by atoms with E-state index in [1.165, 1.54) is 4.68 Å². The topological polar surface area (TPSA) is 64.0 Å². The van der Waals surface area contributed by atoms with Crippen molar-refractivity contribution in [1.29, 1.82) is 0 Å². The molecular weight excluding hydrogens is 335 g/mol. The van der Waals surface area contributed by atoms with Gasteiger partial charge in [0.2, 0.25) is 11.3 Å². The molecule has 1 amide bonds. The van der Waals surface area contributed by atoms with Gasteiger partial charge in [-0.05, 0) is 31.4 Å². The van der Waals surface area contributed by atoms with Gasteiger partial charge >= 0.3 is 6.18 Å². The zero-order valence-corrected chi connectivity index (χ0v) is 13.4. The zero-order valence-electron chi connectivity index (χ0n) is 13.4. The number of nitrogens with zero attached hydrogens (tertiary/aromatic N) is 2. The molecule has 1 fully saturated rings. The quantitative estimate of drug-likeness (QED) is 0.923. The van der Waals surface area contributed by atoms with Gasteiger partial charge in [-0.2, -0.15) is 18.3 Å². The van der Waals surface area contributed by atoms with Gasteiger partial charge in [-0.1, -0.05) is 18.6 Å². The van der Waals surface area contributed by atoms with Crippen molar-refractivity contribution >= 4 is 16.8 Å². The van der Waals surface area contributed by atoms with E-state index in [-0.39, 0.29) is 24.8 Å². The minimum Gasteiger partial charge on any atom is -0.352 e. The van der Waals surface area contributed by atoms with Crippen molar-refractivity contribution in [3.63, 3.8) is 0 Å². The first-order valence-electron chi connectivity index (χ1n) is 8.15. The lowest BCUT2D eigenvalue weighted by Gasteiger charge is -2.31. The number of carbonyl (C=O) groups is 1. The fourth-order valence-electron chi connectivity index (χ4n) is 3.31. The monoisotopic (exact) mass is 353 g/mol. The van der Waals surface area contributed by atoms with Gasteiger partial charge in [0.1, 0.15) is 6.54 Å². The van der Waals surface area contributed by atoms with E-state index in [0.717, 1.165) is 6.20 Å². The maximum atomic E-state index is 12.9. The SMILES string of the molecule is O=C(Cn1ncc(=O)c2ccccc21)NC1CCCC(C(F)(F)F)C1. The molecule has 1 N–H and O–H groups in total. The first-order chi connectivity index (χ1) is 11.8. The summed E-state index contributed by atoms with van der Waals surface area (Å²) in [5.74, 6) is -1.77. The average molecular weight is 353 g/mol. The number of amides is 1. The molecule has 3 rings (SSSR count). The molecule has 25 heavy (non-hydrogen) atoms. The Kier molecular flexibility index (Phi) is 4.78. The van der Waals surface area contributed by atoms with E-state index in [0.29, 0.717) is 23.7 Å². The number of hydrogen-bond donors (Lipinski definition) is 1. The van der Waals surface area contributed by atoms with Crippen LogP contribution in [0.4, 0.5) is 13.2 Å². The molecule has 1 heterocycles. The van der Waals surface area contributed by atoms with Crippen LogP contribution in [-0.4, -0.2) is 27.9 Å². The highest BCUT2D eigenvalue weighted by Gasteiger charge is 2.42. The largest absolute Gasteiger partial charge is 0.391 e. The van der Waals surface area contributed by atoms with E-state index in [4.69, 9.17) is 0 Å². The summed E-state index contributed by atoms with van der Waals surface area (Å²) in [4.78, 5) is 24.0. The number of hydrogen-bond acceptors (Lipinski definition) is 3. The van der Waals surface area contributed by atoms with Crippen LogP contribution in [0.5, 0.6) is 0 Å². The Morgan fingerprint density at radius 1 is 1.28 bits per heavy atom. The Morgan fingerprint density at radius 3 is 2.80 bits per heavy atom. The second-order valence-electron chi connectivity index (χ2n) is 6.35. The van der Waals surface area contributed by atoms with Crippen LogP contribution in [0.2, 0.25) is 0 Å². The fraction of sp³-hybridized carbons (Fsp3) is 0.471. The number of nitrogens with one attached hydrogen (secondary N) is 1. The maximum absolute atomic E-state index is 12.9. The normalized spacial score (nSPS) is 21.2. The van der Waals surface area contributed by atoms with Gasteiger partial charge in [0.15, 0.2) is 0 Å². The van der Waals surface area contributed by atoms with E-state index >= 15 is 0 Å². The van der Waals surface area contributed by atoms with E-state index in [1.807, 2.05) is 0 Å². The van der Waals surface area contributed by atoms with E-state index < -0.39 is 24.0 Å². The molecule has 1 saturated carbocycles. The molecule has 2 atom stereocenters. The van der Waals surface area contributed by atoms with E-state index in [2.05, 4.69) is 10.4 Å². The summed E-state index contributed by atoms with van der Waals surface area (Å²) in [6.45, 7) is -0.145. The highest BCUT2D eigenvalue weighted by atomic mass is 19.4. The maximum Gasteiger partial charge on any atom is 0.391 e. The van der Waals surface area contributed by atoms with Gasteiger partial charge in [-0.15, -0.1) is 0 Å². The van der Waals surface area contributed by atoms with Gasteiger partial charge < -0.3 is 5.32 Å². The third-order valence-electron chi connectivity index (χ3n) is 4.56. The molecule has 2 unspecified atom stereocenters. The number of benzene rings is 1. The Bertz CT molecular complexity index is 832. The fourth-order valence-corrected chi connectivity index (χ4v) is 3.31. The first kappa shape index (κ1) is 17.4. The second kappa shape index (κ2) is 6.85. The lowest BCUT2D eigenvalue weighted by molar-refractivity contribution is -0.184. The molecular formula is C17H18F3N3O2. The van der Waals surface area contributed by atoms with Crippen LogP contribution in [0, 0.1) is 5.92 Å². The van der Waals surface area contributed by atoms with Crippen molar-refractivity contribution in [3.05, 3.63) is 40.7 Å². The van der Waals surface area contributed by atoms with Crippen LogP contribution in [0.25, 0.3) is 10.9 Å². The molecule has 1 aromatic heterocycles. The highest BCUT2D eigenvalue weighted by Crippen LogP contribution is 2.37. The number of fused-ring (bicyclic) bond motifs is 1. The summed E-state index contributed by atoms with van der Waals surface area (Å²) < 4.78 is 39.9. The number of halogens is 3. The summed E-state index contributed by atoms with van der Waals surface area (Å²) in [5, 5.41) is 7.07. The number of para-hydroxylation sites is 1. The van der Waals surface area contributed by atoms with E-state index in [9.17, 15) is 22.8 Å². The van der Waals surface area contributed by atoms with Gasteiger partial charge in [-0.25, -0.2) is 0 Å². The van der Waals surface area contributed by atoms with Crippen LogP contribution in [0.3, 0.4) is 0 Å². The molecule has 0 radical (unpaired) electrons. The number of carbonyl (C=O) groups excluding carboxylic acids is 1. The van der Waals surface area contributed by atoms with Crippen LogP contribution in [0.15, 0.2) is 35.3 Å². The predicted octanol–water partition coefficient (Wildman–Crippen LogP) is 2.63. The molecule has 2 aromatic rings. The highest BCUT2D eigenvalue weighted by molar-refractivity contribution is 5.81. The third-order valence-corrected chi connectivity index (χ3v) is 4.56. The summed E-state index contributed by atoms with van der Waals surface area (Å²) in [5.41, 5.74) is 0.273. The van der Waals surface area contributed by atoms with Crippen molar-refractivity contribution in [2.75, 3.05) is 0 Å². The molecule has 0 spiro atoms. The van der Waals surface area contributed by atoms with Crippen molar-refractivity contribution in [3.8, 4) is 0 Å². The van der Waals surface area contributed by atoms with E-state index in [1.54, 1.807) is 24.3 Å². The molecule has 0 aliphatic heterocycles. The third kappa shape index (κ3) is 4.00. The lowest BCUT2D eigenvalue weighted by Crippen LogP contribution is -2.43. The molecule has 134 valence electrons. The van der Waals surface area contributed by atoms with Gasteiger partial charge in [0.05, 0.1) is 17.6 Å². The van der Waals surface area contributed by atoms with Gasteiger partial charge in [0, 0.05) is 11.4 Å². The standard InChI is InChI=1S/C17H18F3N3O2/c18-17(19,20)11-4-3-5-12(8-11)22-16(25)10-23-14-7-2-1-6-13(14)15(24)9-21-23/h1-2,6-7,9,11-12H,3-5,8,10H2,(H,22,25). The second-order valence-corrected chi connectivity index (χ2v) is 6.35. The minimum absolute atomic E-state index is 0.0897. The van der Waals surface area contributed by atoms with Crippen LogP contribution in [0.1, 0.15) is 25.7 Å². The number of alkyl halides is 3. The molecule has 5 nitrogen and oxygen atoms in total. The summed E-state index contributed by atoms with van der Waals surface area (Å²) in [7, 11) is 0.